The van der Waals surface area contributed by atoms with Gasteiger partial charge in [0.25, 0.3) is 5.91 Å². The number of esters is 1. The molecular formula is C21H19Cl2N3O3. The largest absolute Gasteiger partial charge is 0.455 e. The number of aromatic nitrogens is 2. The zero-order valence-electron chi connectivity index (χ0n) is 15.6. The summed E-state index contributed by atoms with van der Waals surface area (Å²) in [6, 6.07) is 14.4. The number of benzene rings is 2. The van der Waals surface area contributed by atoms with Crippen LogP contribution in [-0.4, -0.2) is 28.3 Å². The van der Waals surface area contributed by atoms with Crippen molar-refractivity contribution in [3.05, 3.63) is 82.1 Å². The Hall–Kier alpha value is -2.83. The van der Waals surface area contributed by atoms with Gasteiger partial charge in [-0.05, 0) is 36.8 Å². The minimum absolute atomic E-state index is 0.0302. The first kappa shape index (κ1) is 20.9. The fraction of sp³-hybridized carbons (Fsp3) is 0.190. The molecule has 8 heteroatoms. The molecule has 3 aromatic rings. The number of carbonyl (C=O) groups is 2. The van der Waals surface area contributed by atoms with Crippen LogP contribution < -0.4 is 5.32 Å². The van der Waals surface area contributed by atoms with Crippen LogP contribution in [0.1, 0.15) is 24.1 Å². The maximum Gasteiger partial charge on any atom is 0.310 e. The number of nitrogens with one attached hydrogen (secondary N) is 1. The summed E-state index contributed by atoms with van der Waals surface area (Å²) in [6.45, 7) is 1.44. The summed E-state index contributed by atoms with van der Waals surface area (Å²) in [7, 11) is 0. The second-order valence-electron chi connectivity index (χ2n) is 6.43. The number of nitrogens with zero attached hydrogens (tertiary/aromatic N) is 2. The first-order valence-electron chi connectivity index (χ1n) is 8.91. The molecule has 1 atom stereocenters. The molecule has 0 aliphatic rings. The average molecular weight is 432 g/mol. The van der Waals surface area contributed by atoms with Gasteiger partial charge in [0.05, 0.1) is 34.4 Å². The normalized spacial score (nSPS) is 11.7. The monoisotopic (exact) mass is 431 g/mol. The summed E-state index contributed by atoms with van der Waals surface area (Å²) < 4.78 is 6.74. The van der Waals surface area contributed by atoms with E-state index in [4.69, 9.17) is 27.9 Å². The topological polar surface area (TPSA) is 73.2 Å². The maximum absolute atomic E-state index is 12.1. The van der Waals surface area contributed by atoms with Gasteiger partial charge in [-0.2, -0.15) is 5.10 Å². The van der Waals surface area contributed by atoms with Crippen LogP contribution in [0.15, 0.2) is 60.9 Å². The molecule has 1 amide bonds. The van der Waals surface area contributed by atoms with Crippen LogP contribution in [0, 0.1) is 0 Å². The van der Waals surface area contributed by atoms with Crippen LogP contribution in [0.3, 0.4) is 0 Å². The Morgan fingerprint density at radius 3 is 2.62 bits per heavy atom. The second-order valence-corrected chi connectivity index (χ2v) is 7.24. The van der Waals surface area contributed by atoms with Crippen LogP contribution >= 0.6 is 23.2 Å². The zero-order chi connectivity index (χ0) is 20.8. The molecular weight excluding hydrogens is 413 g/mol. The van der Waals surface area contributed by atoms with E-state index in [-0.39, 0.29) is 19.1 Å². The molecule has 0 fully saturated rings. The SMILES string of the molecule is CC(NC(=O)COC(=O)Cc1cnn(-c2ccccc2)c1)c1ccc(Cl)c(Cl)c1. The van der Waals surface area contributed by atoms with E-state index < -0.39 is 11.9 Å². The Kier molecular flexibility index (Phi) is 6.90. The Morgan fingerprint density at radius 1 is 1.14 bits per heavy atom. The van der Waals surface area contributed by atoms with Gasteiger partial charge in [0.15, 0.2) is 6.61 Å². The van der Waals surface area contributed by atoms with Crippen LogP contribution in [0.25, 0.3) is 5.69 Å². The van der Waals surface area contributed by atoms with E-state index >= 15 is 0 Å². The highest BCUT2D eigenvalue weighted by Gasteiger charge is 2.14. The lowest BCUT2D eigenvalue weighted by Crippen LogP contribution is -2.31. The predicted octanol–water partition coefficient (Wildman–Crippen LogP) is 4.14. The lowest BCUT2D eigenvalue weighted by Gasteiger charge is -2.15. The molecule has 3 rings (SSSR count). The van der Waals surface area contributed by atoms with E-state index in [1.54, 1.807) is 42.2 Å². The van der Waals surface area contributed by atoms with Gasteiger partial charge in [-0.3, -0.25) is 9.59 Å². The van der Waals surface area contributed by atoms with E-state index in [0.29, 0.717) is 15.6 Å². The highest BCUT2D eigenvalue weighted by molar-refractivity contribution is 6.42. The lowest BCUT2D eigenvalue weighted by atomic mass is 10.1. The molecule has 0 aliphatic carbocycles. The third-order valence-corrected chi connectivity index (χ3v) is 4.93. The summed E-state index contributed by atoms with van der Waals surface area (Å²) in [6.07, 6.45) is 3.38. The summed E-state index contributed by atoms with van der Waals surface area (Å²) >= 11 is 11.9. The molecule has 0 radical (unpaired) electrons. The summed E-state index contributed by atoms with van der Waals surface area (Å²) in [5, 5.41) is 7.84. The number of carbonyl (C=O) groups excluding carboxylic acids is 2. The molecule has 2 aromatic carbocycles. The van der Waals surface area contributed by atoms with Crippen molar-refractivity contribution in [2.45, 2.75) is 19.4 Å². The van der Waals surface area contributed by atoms with Crippen molar-refractivity contribution in [2.24, 2.45) is 0 Å². The van der Waals surface area contributed by atoms with Gasteiger partial charge in [-0.1, -0.05) is 47.5 Å². The summed E-state index contributed by atoms with van der Waals surface area (Å²) in [5.74, 6) is -0.910. The summed E-state index contributed by atoms with van der Waals surface area (Å²) in [4.78, 5) is 24.1. The van der Waals surface area contributed by atoms with Gasteiger partial charge in [-0.25, -0.2) is 4.68 Å². The number of amides is 1. The molecule has 0 spiro atoms. The molecule has 1 heterocycles. The third kappa shape index (κ3) is 5.82. The second kappa shape index (κ2) is 9.58. The van der Waals surface area contributed by atoms with E-state index in [2.05, 4.69) is 10.4 Å². The molecule has 1 aromatic heterocycles. The van der Waals surface area contributed by atoms with Gasteiger partial charge in [0.2, 0.25) is 0 Å². The predicted molar refractivity (Wildman–Crippen MR) is 111 cm³/mol. The minimum atomic E-state index is -0.505. The number of halogens is 2. The Balaban J connectivity index is 1.47. The van der Waals surface area contributed by atoms with Gasteiger partial charge in [0, 0.05) is 11.8 Å². The highest BCUT2D eigenvalue weighted by atomic mass is 35.5. The lowest BCUT2D eigenvalue weighted by molar-refractivity contribution is -0.148. The number of para-hydroxylation sites is 1. The Bertz CT molecular complexity index is 1010. The standard InChI is InChI=1S/C21H19Cl2N3O3/c1-14(16-7-8-18(22)19(23)10-16)25-20(27)13-29-21(28)9-15-11-24-26(12-15)17-5-3-2-4-6-17/h2-8,10-12,14H,9,13H2,1H3,(H,25,27). The first-order chi connectivity index (χ1) is 13.9. The minimum Gasteiger partial charge on any atom is -0.455 e. The van der Waals surface area contributed by atoms with Crippen molar-refractivity contribution in [2.75, 3.05) is 6.61 Å². The number of hydrogen-bond donors (Lipinski definition) is 1. The van der Waals surface area contributed by atoms with Crippen LogP contribution in [0.4, 0.5) is 0 Å². The number of rotatable bonds is 7. The van der Waals surface area contributed by atoms with Crippen LogP contribution in [0.5, 0.6) is 0 Å². The van der Waals surface area contributed by atoms with Gasteiger partial charge in [-0.15, -0.1) is 0 Å². The molecule has 1 N–H and O–H groups in total. The molecule has 0 aliphatic heterocycles. The summed E-state index contributed by atoms with van der Waals surface area (Å²) in [5.41, 5.74) is 2.39. The highest BCUT2D eigenvalue weighted by Crippen LogP contribution is 2.25. The third-order valence-electron chi connectivity index (χ3n) is 4.19. The average Bonchev–Trinajstić information content (AvgIpc) is 3.17. The van der Waals surface area contributed by atoms with E-state index in [0.717, 1.165) is 11.3 Å². The zero-order valence-corrected chi connectivity index (χ0v) is 17.2. The molecule has 29 heavy (non-hydrogen) atoms. The number of ether oxygens (including phenoxy) is 1. The molecule has 6 nitrogen and oxygen atoms in total. The van der Waals surface area contributed by atoms with Gasteiger partial charge >= 0.3 is 5.97 Å². The van der Waals surface area contributed by atoms with Gasteiger partial charge in [0.1, 0.15) is 0 Å². The van der Waals surface area contributed by atoms with Crippen molar-refractivity contribution in [3.63, 3.8) is 0 Å². The fourth-order valence-electron chi connectivity index (χ4n) is 2.69. The van der Waals surface area contributed by atoms with Crippen LogP contribution in [-0.2, 0) is 20.7 Å². The van der Waals surface area contributed by atoms with Gasteiger partial charge < -0.3 is 10.1 Å². The molecule has 150 valence electrons. The Morgan fingerprint density at radius 2 is 1.90 bits per heavy atom. The first-order valence-corrected chi connectivity index (χ1v) is 9.67. The fourth-order valence-corrected chi connectivity index (χ4v) is 2.99. The maximum atomic E-state index is 12.1. The van der Waals surface area contributed by atoms with Crippen molar-refractivity contribution in [1.82, 2.24) is 15.1 Å². The van der Waals surface area contributed by atoms with E-state index in [1.165, 1.54) is 0 Å². The van der Waals surface area contributed by atoms with Crippen molar-refractivity contribution >= 4 is 35.1 Å². The smallest absolute Gasteiger partial charge is 0.310 e. The molecule has 1 unspecified atom stereocenters. The number of hydrogen-bond acceptors (Lipinski definition) is 4. The van der Waals surface area contributed by atoms with Crippen molar-refractivity contribution in [1.29, 1.82) is 0 Å². The van der Waals surface area contributed by atoms with E-state index in [9.17, 15) is 9.59 Å². The Labute approximate surface area is 178 Å². The quantitative estimate of drug-likeness (QED) is 0.570. The molecule has 0 bridgehead atoms. The van der Waals surface area contributed by atoms with E-state index in [1.807, 2.05) is 30.3 Å². The molecule has 0 saturated heterocycles. The van der Waals surface area contributed by atoms with Crippen LogP contribution in [0.2, 0.25) is 10.0 Å². The van der Waals surface area contributed by atoms with Crippen molar-refractivity contribution in [3.8, 4) is 5.69 Å². The van der Waals surface area contributed by atoms with Crippen molar-refractivity contribution < 1.29 is 14.3 Å². The molecule has 0 saturated carbocycles.